The van der Waals surface area contributed by atoms with Crippen LogP contribution < -0.4 is 21.3 Å². The number of nitrogens with two attached hydrogens (primary N) is 1. The molecule has 7 nitrogen and oxygen atoms in total. The summed E-state index contributed by atoms with van der Waals surface area (Å²) in [6.07, 6.45) is 4.73. The van der Waals surface area contributed by atoms with Crippen LogP contribution >= 0.6 is 0 Å². The zero-order valence-electron chi connectivity index (χ0n) is 16.0. The number of primary amides is 1. The van der Waals surface area contributed by atoms with Crippen LogP contribution in [-0.4, -0.2) is 43.9 Å². The molecule has 3 heterocycles. The SMILES string of the molecule is CC1(c2ccc(C3=NOC(C(N)=O)C3)c(N3CCCCCC3)c2)NCCN1. The van der Waals surface area contributed by atoms with Crippen LogP contribution in [0.15, 0.2) is 23.4 Å². The number of benzene rings is 1. The minimum absolute atomic E-state index is 0.219. The van der Waals surface area contributed by atoms with E-state index in [9.17, 15) is 4.79 Å². The fourth-order valence-corrected chi connectivity index (χ4v) is 4.24. The van der Waals surface area contributed by atoms with Crippen molar-refractivity contribution in [1.29, 1.82) is 0 Å². The van der Waals surface area contributed by atoms with Crippen molar-refractivity contribution in [2.45, 2.75) is 50.8 Å². The van der Waals surface area contributed by atoms with Gasteiger partial charge < -0.3 is 15.5 Å². The van der Waals surface area contributed by atoms with Gasteiger partial charge in [-0.05, 0) is 31.4 Å². The summed E-state index contributed by atoms with van der Waals surface area (Å²) in [6, 6.07) is 6.53. The largest absolute Gasteiger partial charge is 0.382 e. The van der Waals surface area contributed by atoms with Gasteiger partial charge in [-0.1, -0.05) is 30.1 Å². The molecule has 27 heavy (non-hydrogen) atoms. The second-order valence-electron chi connectivity index (χ2n) is 7.85. The van der Waals surface area contributed by atoms with Gasteiger partial charge in [0, 0.05) is 43.9 Å². The van der Waals surface area contributed by atoms with Crippen LogP contribution in [0.3, 0.4) is 0 Å². The number of nitrogens with zero attached hydrogens (tertiary/aromatic N) is 2. The fourth-order valence-electron chi connectivity index (χ4n) is 4.24. The Morgan fingerprint density at radius 3 is 2.56 bits per heavy atom. The van der Waals surface area contributed by atoms with Gasteiger partial charge in [0.15, 0.2) is 0 Å². The Morgan fingerprint density at radius 2 is 1.93 bits per heavy atom. The number of amides is 1. The van der Waals surface area contributed by atoms with Crippen molar-refractivity contribution in [2.75, 3.05) is 31.1 Å². The highest BCUT2D eigenvalue weighted by atomic mass is 16.6. The van der Waals surface area contributed by atoms with Crippen molar-refractivity contribution in [1.82, 2.24) is 10.6 Å². The molecule has 3 aliphatic rings. The van der Waals surface area contributed by atoms with E-state index in [1.165, 1.54) is 36.9 Å². The molecule has 0 spiro atoms. The smallest absolute Gasteiger partial charge is 0.261 e. The first kappa shape index (κ1) is 18.3. The minimum atomic E-state index is -0.660. The van der Waals surface area contributed by atoms with Crippen LogP contribution in [-0.2, 0) is 15.3 Å². The first-order chi connectivity index (χ1) is 13.1. The monoisotopic (exact) mass is 371 g/mol. The van der Waals surface area contributed by atoms with Crippen molar-refractivity contribution < 1.29 is 9.63 Å². The lowest BCUT2D eigenvalue weighted by molar-refractivity contribution is -0.127. The fraction of sp³-hybridized carbons (Fsp3) is 0.600. The number of nitrogens with one attached hydrogen (secondary N) is 2. The zero-order chi connectivity index (χ0) is 18.9. The standard InChI is InChI=1S/C20H29N5O2/c1-20(22-8-9-23-20)14-6-7-15(16-13-18(19(21)26)27-24-16)17(12-14)25-10-4-2-3-5-11-25/h6-7,12,18,22-23H,2-5,8-11,13H2,1H3,(H2,21,26). The lowest BCUT2D eigenvalue weighted by Gasteiger charge is -2.30. The Balaban J connectivity index is 1.70. The van der Waals surface area contributed by atoms with Gasteiger partial charge in [-0.25, -0.2) is 0 Å². The molecule has 7 heteroatoms. The van der Waals surface area contributed by atoms with Gasteiger partial charge in [-0.3, -0.25) is 15.4 Å². The van der Waals surface area contributed by atoms with Gasteiger partial charge in [0.05, 0.1) is 11.4 Å². The van der Waals surface area contributed by atoms with Gasteiger partial charge in [0.2, 0.25) is 6.10 Å². The molecule has 1 unspecified atom stereocenters. The summed E-state index contributed by atoms with van der Waals surface area (Å²) in [5.41, 5.74) is 9.43. The second-order valence-corrected chi connectivity index (χ2v) is 7.85. The molecule has 0 aromatic heterocycles. The predicted octanol–water partition coefficient (Wildman–Crippen LogP) is 1.41. The molecule has 1 aromatic carbocycles. The van der Waals surface area contributed by atoms with Gasteiger partial charge in [-0.15, -0.1) is 0 Å². The molecule has 4 N–H and O–H groups in total. The van der Waals surface area contributed by atoms with Crippen molar-refractivity contribution in [2.24, 2.45) is 10.9 Å². The summed E-state index contributed by atoms with van der Waals surface area (Å²) in [5, 5.41) is 11.3. The molecule has 1 aromatic rings. The molecule has 146 valence electrons. The van der Waals surface area contributed by atoms with E-state index < -0.39 is 12.0 Å². The number of carbonyl (C=O) groups excluding carboxylic acids is 1. The third-order valence-corrected chi connectivity index (χ3v) is 5.90. The Morgan fingerprint density at radius 1 is 1.22 bits per heavy atom. The highest BCUT2D eigenvalue weighted by Gasteiger charge is 2.33. The van der Waals surface area contributed by atoms with E-state index in [-0.39, 0.29) is 5.66 Å². The molecule has 0 saturated carbocycles. The first-order valence-electron chi connectivity index (χ1n) is 9.99. The summed E-state index contributed by atoms with van der Waals surface area (Å²) in [4.78, 5) is 19.2. The lowest BCUT2D eigenvalue weighted by Crippen LogP contribution is -2.43. The topological polar surface area (TPSA) is 92.0 Å². The molecule has 3 aliphatic heterocycles. The van der Waals surface area contributed by atoms with E-state index in [2.05, 4.69) is 45.8 Å². The Hall–Kier alpha value is -2.12. The number of oxime groups is 1. The van der Waals surface area contributed by atoms with Gasteiger partial charge in [-0.2, -0.15) is 0 Å². The maximum atomic E-state index is 11.5. The minimum Gasteiger partial charge on any atom is -0.382 e. The third kappa shape index (κ3) is 3.66. The Labute approximate surface area is 160 Å². The molecule has 1 atom stereocenters. The molecule has 1 amide bonds. The highest BCUT2D eigenvalue weighted by Crippen LogP contribution is 2.32. The molecule has 4 rings (SSSR count). The van der Waals surface area contributed by atoms with Crippen molar-refractivity contribution >= 4 is 17.3 Å². The second kappa shape index (κ2) is 7.48. The summed E-state index contributed by atoms with van der Waals surface area (Å²) < 4.78 is 0. The van der Waals surface area contributed by atoms with Crippen molar-refractivity contribution in [3.05, 3.63) is 29.3 Å². The molecule has 2 fully saturated rings. The van der Waals surface area contributed by atoms with Gasteiger partial charge in [0.25, 0.3) is 5.91 Å². The molecule has 2 saturated heterocycles. The number of hydrogen-bond donors (Lipinski definition) is 3. The van der Waals surface area contributed by atoms with Crippen molar-refractivity contribution in [3.8, 4) is 0 Å². The number of rotatable bonds is 4. The van der Waals surface area contributed by atoms with Crippen LogP contribution in [0, 0.1) is 0 Å². The molecular weight excluding hydrogens is 342 g/mol. The summed E-state index contributed by atoms with van der Waals surface area (Å²) in [5.74, 6) is -0.464. The predicted molar refractivity (Wildman–Crippen MR) is 106 cm³/mol. The van der Waals surface area contributed by atoms with Crippen LogP contribution in [0.5, 0.6) is 0 Å². The van der Waals surface area contributed by atoms with E-state index in [1.807, 2.05) is 0 Å². The van der Waals surface area contributed by atoms with Gasteiger partial charge in [0.1, 0.15) is 0 Å². The van der Waals surface area contributed by atoms with E-state index in [1.54, 1.807) is 0 Å². The molecular formula is C20H29N5O2. The Bertz CT molecular complexity index is 734. The van der Waals surface area contributed by atoms with Crippen LogP contribution in [0.4, 0.5) is 5.69 Å². The van der Waals surface area contributed by atoms with Crippen LogP contribution in [0.1, 0.15) is 50.2 Å². The summed E-state index contributed by atoms with van der Waals surface area (Å²) in [6.45, 7) is 6.18. The number of hydrogen-bond acceptors (Lipinski definition) is 6. The maximum absolute atomic E-state index is 11.5. The Kier molecular flexibility index (Phi) is 5.06. The van der Waals surface area contributed by atoms with Crippen molar-refractivity contribution in [3.63, 3.8) is 0 Å². The number of anilines is 1. The van der Waals surface area contributed by atoms with E-state index in [0.717, 1.165) is 37.5 Å². The van der Waals surface area contributed by atoms with E-state index >= 15 is 0 Å². The lowest BCUT2D eigenvalue weighted by atomic mass is 9.95. The zero-order valence-corrected chi connectivity index (χ0v) is 16.0. The normalized spacial score (nSPS) is 25.0. The molecule has 0 bridgehead atoms. The van der Waals surface area contributed by atoms with E-state index in [4.69, 9.17) is 10.6 Å². The number of carbonyl (C=O) groups is 1. The van der Waals surface area contributed by atoms with E-state index in [0.29, 0.717) is 6.42 Å². The quantitative estimate of drug-likeness (QED) is 0.744. The van der Waals surface area contributed by atoms with Crippen LogP contribution in [0.2, 0.25) is 0 Å². The highest BCUT2D eigenvalue weighted by molar-refractivity contribution is 6.07. The first-order valence-corrected chi connectivity index (χ1v) is 9.99. The average Bonchev–Trinajstić information content (AvgIpc) is 3.25. The average molecular weight is 371 g/mol. The summed E-state index contributed by atoms with van der Waals surface area (Å²) >= 11 is 0. The molecule has 0 aliphatic carbocycles. The maximum Gasteiger partial charge on any atom is 0.261 e. The van der Waals surface area contributed by atoms with Crippen LogP contribution in [0.25, 0.3) is 0 Å². The summed E-state index contributed by atoms with van der Waals surface area (Å²) in [7, 11) is 0. The van der Waals surface area contributed by atoms with Gasteiger partial charge >= 0.3 is 0 Å². The third-order valence-electron chi connectivity index (χ3n) is 5.90. The molecule has 0 radical (unpaired) electrons.